The van der Waals surface area contributed by atoms with Crippen LogP contribution in [0.5, 0.6) is 0 Å². The van der Waals surface area contributed by atoms with Crippen molar-refractivity contribution in [2.24, 2.45) is 0 Å². The molecular formula is C15H24N2OS. The molecule has 2 aliphatic rings. The Balaban J connectivity index is 1.47. The molecule has 1 aromatic heterocycles. The molecule has 2 fully saturated rings. The molecule has 3 nitrogen and oxygen atoms in total. The predicted molar refractivity (Wildman–Crippen MR) is 79.6 cm³/mol. The average molecular weight is 280 g/mol. The van der Waals surface area contributed by atoms with Crippen LogP contribution in [-0.2, 0) is 11.3 Å². The van der Waals surface area contributed by atoms with E-state index in [1.54, 1.807) is 0 Å². The maximum atomic E-state index is 5.89. The molecule has 1 aliphatic carbocycles. The van der Waals surface area contributed by atoms with Crippen molar-refractivity contribution in [3.8, 4) is 0 Å². The van der Waals surface area contributed by atoms with E-state index in [4.69, 9.17) is 4.74 Å². The van der Waals surface area contributed by atoms with Gasteiger partial charge in [0.25, 0.3) is 0 Å². The van der Waals surface area contributed by atoms with Crippen LogP contribution < -0.4 is 5.32 Å². The zero-order chi connectivity index (χ0) is 13.1. The number of fused-ring (bicyclic) bond motifs is 1. The van der Waals surface area contributed by atoms with Crippen molar-refractivity contribution in [2.75, 3.05) is 19.7 Å². The molecule has 3 rings (SSSR count). The van der Waals surface area contributed by atoms with Gasteiger partial charge in [0.1, 0.15) is 0 Å². The molecule has 0 amide bonds. The second kappa shape index (κ2) is 6.35. The molecule has 106 valence electrons. The zero-order valence-corrected chi connectivity index (χ0v) is 12.5. The van der Waals surface area contributed by atoms with Crippen LogP contribution >= 0.6 is 11.3 Å². The van der Waals surface area contributed by atoms with E-state index in [-0.39, 0.29) is 0 Å². The van der Waals surface area contributed by atoms with Gasteiger partial charge in [-0.15, -0.1) is 11.3 Å². The van der Waals surface area contributed by atoms with Crippen LogP contribution in [0.4, 0.5) is 0 Å². The van der Waals surface area contributed by atoms with E-state index in [9.17, 15) is 0 Å². The Labute approximate surface area is 119 Å². The summed E-state index contributed by atoms with van der Waals surface area (Å²) in [6.45, 7) is 6.43. The Kier molecular flexibility index (Phi) is 4.53. The maximum Gasteiger partial charge on any atom is 0.0731 e. The van der Waals surface area contributed by atoms with Gasteiger partial charge in [0, 0.05) is 36.6 Å². The first-order chi connectivity index (χ1) is 9.34. The molecule has 0 bridgehead atoms. The van der Waals surface area contributed by atoms with Crippen LogP contribution in [0.15, 0.2) is 17.5 Å². The lowest BCUT2D eigenvalue weighted by Crippen LogP contribution is -2.54. The number of nitrogens with one attached hydrogen (secondary N) is 1. The van der Waals surface area contributed by atoms with Crippen molar-refractivity contribution < 1.29 is 4.74 Å². The summed E-state index contributed by atoms with van der Waals surface area (Å²) in [6, 6.07) is 5.60. The summed E-state index contributed by atoms with van der Waals surface area (Å²) >= 11 is 1.83. The van der Waals surface area contributed by atoms with Gasteiger partial charge in [-0.2, -0.15) is 0 Å². The molecule has 3 unspecified atom stereocenters. The summed E-state index contributed by atoms with van der Waals surface area (Å²) in [5, 5.41) is 5.74. The topological polar surface area (TPSA) is 24.5 Å². The van der Waals surface area contributed by atoms with Crippen LogP contribution in [0.25, 0.3) is 0 Å². The third-order valence-corrected chi connectivity index (χ3v) is 5.29. The molecule has 0 spiro atoms. The highest BCUT2D eigenvalue weighted by atomic mass is 32.1. The van der Waals surface area contributed by atoms with Crippen molar-refractivity contribution in [1.29, 1.82) is 0 Å². The summed E-state index contributed by atoms with van der Waals surface area (Å²) < 4.78 is 5.89. The molecular weight excluding hydrogens is 256 g/mol. The highest BCUT2D eigenvalue weighted by molar-refractivity contribution is 7.09. The van der Waals surface area contributed by atoms with E-state index in [1.807, 2.05) is 11.3 Å². The first-order valence-electron chi connectivity index (χ1n) is 7.45. The van der Waals surface area contributed by atoms with Gasteiger partial charge in [-0.25, -0.2) is 0 Å². The van der Waals surface area contributed by atoms with E-state index in [0.29, 0.717) is 18.2 Å². The molecule has 1 aliphatic heterocycles. The van der Waals surface area contributed by atoms with E-state index in [2.05, 4.69) is 34.7 Å². The minimum Gasteiger partial charge on any atom is -0.375 e. The number of nitrogens with zero attached hydrogens (tertiary/aromatic N) is 1. The molecule has 3 atom stereocenters. The fourth-order valence-corrected chi connectivity index (χ4v) is 4.11. The smallest absolute Gasteiger partial charge is 0.0731 e. The lowest BCUT2D eigenvalue weighted by molar-refractivity contribution is -0.0687. The fraction of sp³-hybridized carbons (Fsp3) is 0.733. The summed E-state index contributed by atoms with van der Waals surface area (Å²) in [5.74, 6) is 0. The quantitative estimate of drug-likeness (QED) is 0.897. The van der Waals surface area contributed by atoms with Gasteiger partial charge in [0.15, 0.2) is 0 Å². The predicted octanol–water partition coefficient (Wildman–Crippen LogP) is 2.48. The monoisotopic (exact) mass is 280 g/mol. The summed E-state index contributed by atoms with van der Waals surface area (Å²) in [7, 11) is 0. The standard InChI is InChI=1S/C15H24N2OS/c1-12(10-16-11-13-4-3-9-19-13)17-7-8-18-15-6-2-5-14(15)17/h3-4,9,12,14-16H,2,5-8,10-11H2,1H3. The van der Waals surface area contributed by atoms with Gasteiger partial charge >= 0.3 is 0 Å². The second-order valence-corrected chi connectivity index (χ2v) is 6.74. The third-order valence-electron chi connectivity index (χ3n) is 4.41. The molecule has 1 N–H and O–H groups in total. The Hall–Kier alpha value is -0.420. The van der Waals surface area contributed by atoms with E-state index in [0.717, 1.165) is 26.2 Å². The minimum absolute atomic E-state index is 0.508. The van der Waals surface area contributed by atoms with Crippen LogP contribution in [-0.4, -0.2) is 42.8 Å². The Morgan fingerprint density at radius 1 is 1.53 bits per heavy atom. The van der Waals surface area contributed by atoms with Crippen molar-refractivity contribution in [3.63, 3.8) is 0 Å². The lowest BCUT2D eigenvalue weighted by atomic mass is 10.1. The van der Waals surface area contributed by atoms with Crippen LogP contribution in [0.3, 0.4) is 0 Å². The van der Waals surface area contributed by atoms with Crippen molar-refractivity contribution in [3.05, 3.63) is 22.4 Å². The first kappa shape index (κ1) is 13.6. The molecule has 0 aromatic carbocycles. The normalized spacial score (nSPS) is 29.3. The van der Waals surface area contributed by atoms with Gasteiger partial charge in [-0.05, 0) is 37.6 Å². The van der Waals surface area contributed by atoms with E-state index in [1.165, 1.54) is 24.1 Å². The largest absolute Gasteiger partial charge is 0.375 e. The van der Waals surface area contributed by atoms with Crippen LogP contribution in [0.2, 0.25) is 0 Å². The Bertz CT molecular complexity index is 382. The van der Waals surface area contributed by atoms with Gasteiger partial charge < -0.3 is 10.1 Å². The Morgan fingerprint density at radius 2 is 2.47 bits per heavy atom. The number of hydrogen-bond acceptors (Lipinski definition) is 4. The third kappa shape index (κ3) is 3.19. The zero-order valence-electron chi connectivity index (χ0n) is 11.7. The first-order valence-corrected chi connectivity index (χ1v) is 8.33. The van der Waals surface area contributed by atoms with Gasteiger partial charge in [0.2, 0.25) is 0 Å². The summed E-state index contributed by atoms with van der Waals surface area (Å²) in [4.78, 5) is 4.09. The highest BCUT2D eigenvalue weighted by Crippen LogP contribution is 2.30. The average Bonchev–Trinajstić information content (AvgIpc) is 3.08. The summed E-state index contributed by atoms with van der Waals surface area (Å²) in [6.07, 6.45) is 4.42. The minimum atomic E-state index is 0.508. The molecule has 19 heavy (non-hydrogen) atoms. The molecule has 4 heteroatoms. The highest BCUT2D eigenvalue weighted by Gasteiger charge is 2.37. The molecule has 1 saturated heterocycles. The van der Waals surface area contributed by atoms with Crippen LogP contribution in [0, 0.1) is 0 Å². The molecule has 2 heterocycles. The molecule has 1 saturated carbocycles. The lowest BCUT2D eigenvalue weighted by Gasteiger charge is -2.41. The van der Waals surface area contributed by atoms with Crippen molar-refractivity contribution in [1.82, 2.24) is 10.2 Å². The number of rotatable bonds is 5. The van der Waals surface area contributed by atoms with Crippen LogP contribution in [0.1, 0.15) is 31.1 Å². The number of thiophene rings is 1. The SMILES string of the molecule is CC(CNCc1cccs1)N1CCOC2CCCC21. The summed E-state index contributed by atoms with van der Waals surface area (Å²) in [5.41, 5.74) is 0. The van der Waals surface area contributed by atoms with Gasteiger partial charge in [-0.3, -0.25) is 4.90 Å². The number of morpholine rings is 1. The molecule has 1 aromatic rings. The van der Waals surface area contributed by atoms with Gasteiger partial charge in [0.05, 0.1) is 12.7 Å². The maximum absolute atomic E-state index is 5.89. The van der Waals surface area contributed by atoms with Gasteiger partial charge in [-0.1, -0.05) is 6.07 Å². The number of ether oxygens (including phenoxy) is 1. The van der Waals surface area contributed by atoms with Crippen molar-refractivity contribution >= 4 is 11.3 Å². The molecule has 0 radical (unpaired) electrons. The van der Waals surface area contributed by atoms with E-state index < -0.39 is 0 Å². The number of hydrogen-bond donors (Lipinski definition) is 1. The fourth-order valence-electron chi connectivity index (χ4n) is 3.44. The Morgan fingerprint density at radius 3 is 3.32 bits per heavy atom. The van der Waals surface area contributed by atoms with E-state index >= 15 is 0 Å². The second-order valence-electron chi connectivity index (χ2n) is 5.70. The van der Waals surface area contributed by atoms with Crippen molar-refractivity contribution in [2.45, 2.75) is 50.9 Å².